The van der Waals surface area contributed by atoms with Crippen LogP contribution in [0, 0.1) is 0 Å². The van der Waals surface area contributed by atoms with E-state index < -0.39 is 5.97 Å². The number of hydrogen-bond acceptors (Lipinski definition) is 3. The lowest BCUT2D eigenvalue weighted by Gasteiger charge is -2.02. The maximum Gasteiger partial charge on any atom is 0.339 e. The summed E-state index contributed by atoms with van der Waals surface area (Å²) in [6, 6.07) is 8.57. The topological polar surface area (TPSA) is 55.4 Å². The number of esters is 1. The molecule has 68 valence electrons. The van der Waals surface area contributed by atoms with Gasteiger partial charge in [0, 0.05) is 0 Å². The molecule has 4 nitrogen and oxygen atoms in total. The molecule has 1 amide bonds. The van der Waals surface area contributed by atoms with Crippen LogP contribution in [0.3, 0.4) is 0 Å². The lowest BCUT2D eigenvalue weighted by atomic mass is 10.2. The lowest BCUT2D eigenvalue weighted by molar-refractivity contribution is -0.110. The fourth-order valence-corrected chi connectivity index (χ4v) is 0.799. The molecular formula is C9H9NO3. The molecule has 0 radical (unpaired) electrons. The van der Waals surface area contributed by atoms with Crippen molar-refractivity contribution >= 4 is 12.4 Å². The Morgan fingerprint density at radius 1 is 1.38 bits per heavy atom. The van der Waals surface area contributed by atoms with Crippen molar-refractivity contribution < 1.29 is 14.3 Å². The Balaban J connectivity index is 2.45. The van der Waals surface area contributed by atoms with Crippen molar-refractivity contribution in [3.63, 3.8) is 0 Å². The number of carbonyl (C=O) groups is 2. The summed E-state index contributed by atoms with van der Waals surface area (Å²) in [4.78, 5) is 21.0. The Morgan fingerprint density at radius 3 is 2.69 bits per heavy atom. The van der Waals surface area contributed by atoms with Gasteiger partial charge in [-0.3, -0.25) is 4.79 Å². The minimum absolute atomic E-state index is 0.1000. The molecule has 0 spiro atoms. The molecule has 0 atom stereocenters. The fraction of sp³-hybridized carbons (Fsp3) is 0.111. The molecule has 0 fully saturated rings. The second-order valence-electron chi connectivity index (χ2n) is 2.26. The molecular weight excluding hydrogens is 170 g/mol. The van der Waals surface area contributed by atoms with E-state index in [2.05, 4.69) is 10.1 Å². The molecule has 1 aromatic rings. The van der Waals surface area contributed by atoms with Gasteiger partial charge in [0.05, 0.1) is 5.56 Å². The molecule has 0 aliphatic heterocycles. The first-order valence-electron chi connectivity index (χ1n) is 3.74. The van der Waals surface area contributed by atoms with Crippen molar-refractivity contribution in [3.8, 4) is 0 Å². The van der Waals surface area contributed by atoms with E-state index in [1.165, 1.54) is 0 Å². The van der Waals surface area contributed by atoms with Crippen molar-refractivity contribution in [2.24, 2.45) is 0 Å². The zero-order valence-electron chi connectivity index (χ0n) is 6.90. The van der Waals surface area contributed by atoms with Crippen LogP contribution in [0.4, 0.5) is 0 Å². The van der Waals surface area contributed by atoms with Gasteiger partial charge in [-0.25, -0.2) is 4.79 Å². The minimum atomic E-state index is -0.449. The molecule has 0 saturated carbocycles. The quantitative estimate of drug-likeness (QED) is 0.318. The second-order valence-corrected chi connectivity index (χ2v) is 2.26. The van der Waals surface area contributed by atoms with E-state index in [1.807, 2.05) is 0 Å². The Morgan fingerprint density at radius 2 is 2.08 bits per heavy atom. The van der Waals surface area contributed by atoms with Gasteiger partial charge in [-0.05, 0) is 12.1 Å². The maximum atomic E-state index is 11.1. The molecule has 13 heavy (non-hydrogen) atoms. The van der Waals surface area contributed by atoms with Crippen LogP contribution >= 0.6 is 0 Å². The van der Waals surface area contributed by atoms with Gasteiger partial charge in [0.15, 0.2) is 6.73 Å². The molecule has 1 rings (SSSR count). The van der Waals surface area contributed by atoms with Crippen LogP contribution in [0.5, 0.6) is 0 Å². The van der Waals surface area contributed by atoms with Gasteiger partial charge >= 0.3 is 5.97 Å². The number of nitrogens with one attached hydrogen (secondary N) is 1. The molecule has 0 unspecified atom stereocenters. The molecule has 0 saturated heterocycles. The molecule has 0 aromatic heterocycles. The monoisotopic (exact) mass is 179 g/mol. The first-order valence-corrected chi connectivity index (χ1v) is 3.74. The summed E-state index contributed by atoms with van der Waals surface area (Å²) in [5.41, 5.74) is 0.468. The predicted molar refractivity (Wildman–Crippen MR) is 45.9 cm³/mol. The van der Waals surface area contributed by atoms with E-state index in [1.54, 1.807) is 30.3 Å². The number of ether oxygens (including phenoxy) is 1. The van der Waals surface area contributed by atoms with Crippen LogP contribution in [0.2, 0.25) is 0 Å². The van der Waals surface area contributed by atoms with Gasteiger partial charge in [-0.1, -0.05) is 18.2 Å². The number of hydrogen-bond donors (Lipinski definition) is 1. The first-order chi connectivity index (χ1) is 6.34. The van der Waals surface area contributed by atoms with Crippen LogP contribution in [0.1, 0.15) is 10.4 Å². The minimum Gasteiger partial charge on any atom is -0.441 e. The van der Waals surface area contributed by atoms with Crippen LogP contribution in [-0.2, 0) is 9.53 Å². The van der Waals surface area contributed by atoms with Crippen molar-refractivity contribution in [2.45, 2.75) is 0 Å². The lowest BCUT2D eigenvalue weighted by Crippen LogP contribution is -2.18. The third-order valence-electron chi connectivity index (χ3n) is 1.38. The molecule has 0 bridgehead atoms. The third kappa shape index (κ3) is 2.94. The van der Waals surface area contributed by atoms with Crippen molar-refractivity contribution in [2.75, 3.05) is 6.73 Å². The predicted octanol–water partition coefficient (Wildman–Crippen LogP) is 0.547. The molecule has 4 heteroatoms. The largest absolute Gasteiger partial charge is 0.441 e. The van der Waals surface area contributed by atoms with Crippen LogP contribution in [-0.4, -0.2) is 19.1 Å². The number of benzene rings is 1. The summed E-state index contributed by atoms with van der Waals surface area (Å²) in [6.07, 6.45) is 0.471. The van der Waals surface area contributed by atoms with Gasteiger partial charge in [0.25, 0.3) is 0 Å². The summed E-state index contributed by atoms with van der Waals surface area (Å²) >= 11 is 0. The smallest absolute Gasteiger partial charge is 0.339 e. The molecule has 1 N–H and O–H groups in total. The summed E-state index contributed by atoms with van der Waals surface area (Å²) < 4.78 is 4.69. The zero-order valence-corrected chi connectivity index (χ0v) is 6.90. The summed E-state index contributed by atoms with van der Waals surface area (Å²) in [7, 11) is 0. The standard InChI is InChI=1S/C9H9NO3/c11-6-10-7-13-9(12)8-4-2-1-3-5-8/h1-6H,7H2,(H,10,11). The SMILES string of the molecule is O=CNCOC(=O)c1ccccc1. The van der Waals surface area contributed by atoms with E-state index in [9.17, 15) is 9.59 Å². The van der Waals surface area contributed by atoms with Crippen LogP contribution in [0.15, 0.2) is 30.3 Å². The Kier molecular flexibility index (Phi) is 3.50. The van der Waals surface area contributed by atoms with Gasteiger partial charge in [-0.15, -0.1) is 0 Å². The summed E-state index contributed by atoms with van der Waals surface area (Å²) in [5, 5.41) is 2.23. The van der Waals surface area contributed by atoms with Gasteiger partial charge < -0.3 is 10.1 Å². The Labute approximate surface area is 75.5 Å². The molecule has 1 aromatic carbocycles. The van der Waals surface area contributed by atoms with Crippen molar-refractivity contribution in [3.05, 3.63) is 35.9 Å². The fourth-order valence-electron chi connectivity index (χ4n) is 0.799. The molecule has 0 aliphatic rings. The number of rotatable bonds is 4. The first kappa shape index (κ1) is 9.25. The third-order valence-corrected chi connectivity index (χ3v) is 1.38. The Bertz CT molecular complexity index is 284. The number of amides is 1. The van der Waals surface area contributed by atoms with E-state index in [0.29, 0.717) is 12.0 Å². The van der Waals surface area contributed by atoms with E-state index in [4.69, 9.17) is 0 Å². The second kappa shape index (κ2) is 4.92. The van der Waals surface area contributed by atoms with Crippen molar-refractivity contribution in [1.82, 2.24) is 5.32 Å². The highest BCUT2D eigenvalue weighted by atomic mass is 16.5. The van der Waals surface area contributed by atoms with Crippen LogP contribution < -0.4 is 5.32 Å². The summed E-state index contributed by atoms with van der Waals surface area (Å²) in [5.74, 6) is -0.449. The van der Waals surface area contributed by atoms with Crippen molar-refractivity contribution in [1.29, 1.82) is 0 Å². The average molecular weight is 179 g/mol. The Hall–Kier alpha value is -1.84. The highest BCUT2D eigenvalue weighted by Gasteiger charge is 2.03. The van der Waals surface area contributed by atoms with Gasteiger partial charge in [0.2, 0.25) is 6.41 Å². The van der Waals surface area contributed by atoms with Gasteiger partial charge in [-0.2, -0.15) is 0 Å². The average Bonchev–Trinajstić information content (AvgIpc) is 2.19. The van der Waals surface area contributed by atoms with Crippen LogP contribution in [0.25, 0.3) is 0 Å². The van der Waals surface area contributed by atoms with E-state index in [0.717, 1.165) is 0 Å². The normalized spacial score (nSPS) is 8.92. The highest BCUT2D eigenvalue weighted by Crippen LogP contribution is 1.99. The zero-order chi connectivity index (χ0) is 9.52. The van der Waals surface area contributed by atoms with Gasteiger partial charge in [0.1, 0.15) is 0 Å². The maximum absolute atomic E-state index is 11.1. The highest BCUT2D eigenvalue weighted by molar-refractivity contribution is 5.89. The van der Waals surface area contributed by atoms with E-state index in [-0.39, 0.29) is 6.73 Å². The summed E-state index contributed by atoms with van der Waals surface area (Å²) in [6.45, 7) is -0.1000. The van der Waals surface area contributed by atoms with E-state index >= 15 is 0 Å². The number of carbonyl (C=O) groups excluding carboxylic acids is 2. The molecule has 0 heterocycles. The molecule has 0 aliphatic carbocycles.